The lowest BCUT2D eigenvalue weighted by molar-refractivity contribution is -0.137. The highest BCUT2D eigenvalue weighted by atomic mass is 35.5. The number of amides is 1. The van der Waals surface area contributed by atoms with Crippen LogP contribution in [0.5, 0.6) is 11.5 Å². The van der Waals surface area contributed by atoms with Crippen LogP contribution in [-0.2, 0) is 26.3 Å². The van der Waals surface area contributed by atoms with Gasteiger partial charge in [-0.15, -0.1) is 0 Å². The highest BCUT2D eigenvalue weighted by Crippen LogP contribution is 2.28. The number of hydrogen-bond acceptors (Lipinski definition) is 6. The fraction of sp³-hybridized carbons (Fsp3) is 0.375. The molecule has 0 unspecified atom stereocenters. The monoisotopic (exact) mass is 508 g/mol. The minimum absolute atomic E-state index is 0.0457. The molecule has 2 rings (SSSR count). The largest absolute Gasteiger partial charge is 0.493 e. The molecule has 0 fully saturated rings. The standard InChI is InChI=1S/C24H29ClN2O6S/c1-5-34(29,30)27-23(17(2)3)24(28)26-33-16-19-10-13-21(22(15-19)31-4)32-14-6-7-18-8-11-20(25)12-9-18/h8-13,15,17,23,27H,5,14,16H2,1-4H3,(H,26,28)/t23-/m0/s1. The number of hydrogen-bond donors (Lipinski definition) is 2. The van der Waals surface area contributed by atoms with Crippen LogP contribution in [0.4, 0.5) is 0 Å². The van der Waals surface area contributed by atoms with Gasteiger partial charge in [0.2, 0.25) is 10.0 Å². The van der Waals surface area contributed by atoms with E-state index in [4.69, 9.17) is 25.9 Å². The van der Waals surface area contributed by atoms with E-state index < -0.39 is 22.0 Å². The lowest BCUT2D eigenvalue weighted by atomic mass is 10.1. The second kappa shape index (κ2) is 13.2. The van der Waals surface area contributed by atoms with E-state index in [1.165, 1.54) is 14.0 Å². The van der Waals surface area contributed by atoms with Crippen LogP contribution < -0.4 is 19.7 Å². The molecule has 0 aliphatic carbocycles. The van der Waals surface area contributed by atoms with Crippen LogP contribution in [0.1, 0.15) is 31.9 Å². The third kappa shape index (κ3) is 8.88. The van der Waals surface area contributed by atoms with Gasteiger partial charge in [-0.25, -0.2) is 18.6 Å². The third-order valence-electron chi connectivity index (χ3n) is 4.65. The SMILES string of the molecule is CCS(=O)(=O)N[C@H](C(=O)NOCc1ccc(OCC#Cc2ccc(Cl)cc2)c(OC)c1)C(C)C. The van der Waals surface area contributed by atoms with Gasteiger partial charge in [0.05, 0.1) is 19.5 Å². The molecule has 0 aromatic heterocycles. The molecule has 0 bridgehead atoms. The molecular weight excluding hydrogens is 480 g/mol. The van der Waals surface area contributed by atoms with Gasteiger partial charge >= 0.3 is 0 Å². The van der Waals surface area contributed by atoms with Crippen molar-refractivity contribution in [1.82, 2.24) is 10.2 Å². The molecule has 10 heteroatoms. The van der Waals surface area contributed by atoms with Crippen LogP contribution in [0.2, 0.25) is 5.02 Å². The van der Waals surface area contributed by atoms with Crippen molar-refractivity contribution < 1.29 is 27.5 Å². The van der Waals surface area contributed by atoms with Crippen LogP contribution >= 0.6 is 11.6 Å². The topological polar surface area (TPSA) is 103 Å². The molecular formula is C24H29ClN2O6S. The van der Waals surface area contributed by atoms with Gasteiger partial charge in [0, 0.05) is 10.6 Å². The first-order valence-corrected chi connectivity index (χ1v) is 12.6. The average Bonchev–Trinajstić information content (AvgIpc) is 2.81. The summed E-state index contributed by atoms with van der Waals surface area (Å²) in [5, 5.41) is 0.649. The lowest BCUT2D eigenvalue weighted by Crippen LogP contribution is -2.49. The Hall–Kier alpha value is -2.77. The summed E-state index contributed by atoms with van der Waals surface area (Å²) < 4.78 is 37.1. The smallest absolute Gasteiger partial charge is 0.261 e. The summed E-state index contributed by atoms with van der Waals surface area (Å²) in [5.74, 6) is 5.96. The Kier molecular flexibility index (Phi) is 10.7. The molecule has 0 saturated heterocycles. The fourth-order valence-electron chi connectivity index (χ4n) is 2.73. The molecule has 0 heterocycles. The zero-order valence-corrected chi connectivity index (χ0v) is 21.1. The molecule has 0 saturated carbocycles. The summed E-state index contributed by atoms with van der Waals surface area (Å²) in [6.45, 7) is 5.19. The van der Waals surface area contributed by atoms with E-state index in [0.717, 1.165) is 5.56 Å². The Morgan fingerprint density at radius 2 is 1.82 bits per heavy atom. The minimum Gasteiger partial charge on any atom is -0.493 e. The van der Waals surface area contributed by atoms with Crippen LogP contribution in [0, 0.1) is 17.8 Å². The van der Waals surface area contributed by atoms with Crippen molar-refractivity contribution >= 4 is 27.5 Å². The van der Waals surface area contributed by atoms with Gasteiger partial charge in [0.1, 0.15) is 12.6 Å². The van der Waals surface area contributed by atoms with Crippen LogP contribution in [0.15, 0.2) is 42.5 Å². The van der Waals surface area contributed by atoms with Crippen molar-refractivity contribution in [2.45, 2.75) is 33.4 Å². The number of ether oxygens (including phenoxy) is 2. The zero-order valence-electron chi connectivity index (χ0n) is 19.6. The number of carbonyl (C=O) groups is 1. The molecule has 1 atom stereocenters. The van der Waals surface area contributed by atoms with Gasteiger partial charge in [0.15, 0.2) is 11.5 Å². The van der Waals surface area contributed by atoms with E-state index in [2.05, 4.69) is 22.0 Å². The Balaban J connectivity index is 1.91. The molecule has 1 amide bonds. The summed E-state index contributed by atoms with van der Waals surface area (Å²) in [6, 6.07) is 11.4. The van der Waals surface area contributed by atoms with Gasteiger partial charge in [-0.3, -0.25) is 9.63 Å². The van der Waals surface area contributed by atoms with Crippen LogP contribution in [-0.4, -0.2) is 39.8 Å². The Morgan fingerprint density at radius 3 is 2.44 bits per heavy atom. The predicted octanol–water partition coefficient (Wildman–Crippen LogP) is 3.29. The lowest BCUT2D eigenvalue weighted by Gasteiger charge is -2.21. The highest BCUT2D eigenvalue weighted by molar-refractivity contribution is 7.89. The number of halogens is 1. The number of nitrogens with one attached hydrogen (secondary N) is 2. The Labute approximate surface area is 205 Å². The van der Waals surface area contributed by atoms with Gasteiger partial charge in [-0.05, 0) is 54.8 Å². The zero-order chi connectivity index (χ0) is 25.1. The Bertz CT molecular complexity index is 1120. The Morgan fingerprint density at radius 1 is 1.12 bits per heavy atom. The van der Waals surface area contributed by atoms with Crippen molar-refractivity contribution in [3.63, 3.8) is 0 Å². The number of methoxy groups -OCH3 is 1. The normalized spacial score (nSPS) is 11.9. The molecule has 0 aliphatic heterocycles. The van der Waals surface area contributed by atoms with Crippen molar-refractivity contribution in [2.75, 3.05) is 19.5 Å². The molecule has 0 spiro atoms. The number of rotatable bonds is 11. The van der Waals surface area contributed by atoms with Crippen molar-refractivity contribution in [1.29, 1.82) is 0 Å². The van der Waals surface area contributed by atoms with E-state index in [-0.39, 0.29) is 24.9 Å². The number of sulfonamides is 1. The first kappa shape index (κ1) is 27.5. The third-order valence-corrected chi connectivity index (χ3v) is 6.28. The highest BCUT2D eigenvalue weighted by Gasteiger charge is 2.26. The first-order chi connectivity index (χ1) is 16.1. The predicted molar refractivity (Wildman–Crippen MR) is 131 cm³/mol. The molecule has 2 aromatic carbocycles. The van der Waals surface area contributed by atoms with E-state index >= 15 is 0 Å². The van der Waals surface area contributed by atoms with E-state index in [9.17, 15) is 13.2 Å². The van der Waals surface area contributed by atoms with Gasteiger partial charge < -0.3 is 9.47 Å². The maximum atomic E-state index is 12.4. The van der Waals surface area contributed by atoms with Crippen molar-refractivity contribution in [3.8, 4) is 23.3 Å². The van der Waals surface area contributed by atoms with Crippen molar-refractivity contribution in [2.24, 2.45) is 5.92 Å². The summed E-state index contributed by atoms with van der Waals surface area (Å²) in [6.07, 6.45) is 0. The molecule has 0 aliphatic rings. The van der Waals surface area contributed by atoms with E-state index in [1.807, 2.05) is 12.1 Å². The summed E-state index contributed by atoms with van der Waals surface area (Å²) in [4.78, 5) is 17.7. The summed E-state index contributed by atoms with van der Waals surface area (Å²) >= 11 is 5.86. The number of benzene rings is 2. The van der Waals surface area contributed by atoms with E-state index in [1.54, 1.807) is 44.2 Å². The van der Waals surface area contributed by atoms with Crippen LogP contribution in [0.25, 0.3) is 0 Å². The maximum Gasteiger partial charge on any atom is 0.261 e. The second-order valence-corrected chi connectivity index (χ2v) is 10.1. The summed E-state index contributed by atoms with van der Waals surface area (Å²) in [7, 11) is -2.02. The van der Waals surface area contributed by atoms with Crippen molar-refractivity contribution in [3.05, 3.63) is 58.6 Å². The first-order valence-electron chi connectivity index (χ1n) is 10.6. The summed E-state index contributed by atoms with van der Waals surface area (Å²) in [5.41, 5.74) is 3.85. The average molecular weight is 509 g/mol. The number of hydroxylamine groups is 1. The van der Waals surface area contributed by atoms with Gasteiger partial charge in [-0.1, -0.05) is 43.4 Å². The van der Waals surface area contributed by atoms with Gasteiger partial charge in [-0.2, -0.15) is 0 Å². The van der Waals surface area contributed by atoms with E-state index in [0.29, 0.717) is 22.1 Å². The molecule has 34 heavy (non-hydrogen) atoms. The molecule has 184 valence electrons. The van der Waals surface area contributed by atoms with Gasteiger partial charge in [0.25, 0.3) is 5.91 Å². The van der Waals surface area contributed by atoms with Crippen LogP contribution in [0.3, 0.4) is 0 Å². The fourth-order valence-corrected chi connectivity index (χ4v) is 3.79. The molecule has 2 aromatic rings. The molecule has 8 nitrogen and oxygen atoms in total. The quantitative estimate of drug-likeness (QED) is 0.356. The molecule has 2 N–H and O–H groups in total. The number of carbonyl (C=O) groups excluding carboxylic acids is 1. The second-order valence-electron chi connectivity index (χ2n) is 7.58. The maximum absolute atomic E-state index is 12.4. The molecule has 0 radical (unpaired) electrons. The minimum atomic E-state index is -3.54.